The molecular formula is C14H8N2O. The largest absolute Gasteiger partial charge is 0.352 e. The molecule has 0 amide bonds. The molecule has 1 heterocycles. The Balaban J connectivity index is 2.02. The maximum absolute atomic E-state index is 9.25. The lowest BCUT2D eigenvalue weighted by Gasteiger charge is -2.37. The number of rotatable bonds is 0. The molecule has 0 aromatic carbocycles. The SMILES string of the molecule is N#CC1=C(C#N)[C@@H]2C=C[C@H]1[C@]13C=CC=C[C@]21O3. The Morgan fingerprint density at radius 1 is 0.941 bits per heavy atom. The molecule has 0 aromatic rings. The fourth-order valence-electron chi connectivity index (χ4n) is 3.52. The van der Waals surface area contributed by atoms with Crippen molar-refractivity contribution in [3.63, 3.8) is 0 Å². The molecule has 17 heavy (non-hydrogen) atoms. The van der Waals surface area contributed by atoms with Crippen molar-refractivity contribution in [2.45, 2.75) is 11.2 Å². The van der Waals surface area contributed by atoms with Crippen molar-refractivity contribution >= 4 is 0 Å². The quantitative estimate of drug-likeness (QED) is 0.461. The number of allylic oxidation sites excluding steroid dienone is 2. The highest BCUT2D eigenvalue weighted by atomic mass is 16.6. The van der Waals surface area contributed by atoms with E-state index < -0.39 is 11.2 Å². The highest BCUT2D eigenvalue weighted by Gasteiger charge is 2.78. The summed E-state index contributed by atoms with van der Waals surface area (Å²) in [6.07, 6.45) is 12.0. The van der Waals surface area contributed by atoms with Crippen molar-refractivity contribution in [1.82, 2.24) is 0 Å². The van der Waals surface area contributed by atoms with E-state index in [-0.39, 0.29) is 11.8 Å². The van der Waals surface area contributed by atoms with Gasteiger partial charge in [0, 0.05) is 11.8 Å². The van der Waals surface area contributed by atoms with Gasteiger partial charge in [-0.25, -0.2) is 0 Å². The summed E-state index contributed by atoms with van der Waals surface area (Å²) in [4.78, 5) is 0. The summed E-state index contributed by atoms with van der Waals surface area (Å²) in [6.45, 7) is 0. The molecule has 2 bridgehead atoms. The highest BCUT2D eigenvalue weighted by Crippen LogP contribution is 2.69. The van der Waals surface area contributed by atoms with Gasteiger partial charge in [0.2, 0.25) is 0 Å². The van der Waals surface area contributed by atoms with E-state index in [2.05, 4.69) is 12.1 Å². The lowest BCUT2D eigenvalue weighted by molar-refractivity contribution is 0.287. The predicted molar refractivity (Wildman–Crippen MR) is 59.2 cm³/mol. The van der Waals surface area contributed by atoms with Crippen molar-refractivity contribution in [1.29, 1.82) is 10.5 Å². The predicted octanol–water partition coefficient (Wildman–Crippen LogP) is 1.78. The van der Waals surface area contributed by atoms with Gasteiger partial charge in [0.1, 0.15) is 11.2 Å². The molecule has 1 saturated heterocycles. The van der Waals surface area contributed by atoms with Crippen LogP contribution in [0.1, 0.15) is 0 Å². The van der Waals surface area contributed by atoms with Gasteiger partial charge >= 0.3 is 0 Å². The second-order valence-corrected chi connectivity index (χ2v) is 4.80. The molecule has 1 aliphatic heterocycles. The van der Waals surface area contributed by atoms with Crippen LogP contribution < -0.4 is 0 Å². The Morgan fingerprint density at radius 3 is 1.82 bits per heavy atom. The summed E-state index contributed by atoms with van der Waals surface area (Å²) in [5.41, 5.74) is 0.361. The first-order chi connectivity index (χ1) is 8.29. The fraction of sp³-hybridized carbons (Fsp3) is 0.286. The van der Waals surface area contributed by atoms with Gasteiger partial charge < -0.3 is 4.74 Å². The summed E-state index contributed by atoms with van der Waals surface area (Å²) in [5, 5.41) is 18.5. The summed E-state index contributed by atoms with van der Waals surface area (Å²) < 4.78 is 5.99. The molecule has 5 rings (SSSR count). The van der Waals surface area contributed by atoms with Crippen LogP contribution in [0.5, 0.6) is 0 Å². The molecule has 0 saturated carbocycles. The van der Waals surface area contributed by atoms with Crippen LogP contribution >= 0.6 is 0 Å². The van der Waals surface area contributed by atoms with Gasteiger partial charge in [-0.2, -0.15) is 10.5 Å². The van der Waals surface area contributed by atoms with Crippen molar-refractivity contribution in [3.8, 4) is 12.1 Å². The molecule has 0 aromatic heterocycles. The zero-order valence-electron chi connectivity index (χ0n) is 8.92. The molecule has 0 N–H and O–H groups in total. The van der Waals surface area contributed by atoms with Crippen LogP contribution in [0.15, 0.2) is 47.6 Å². The minimum atomic E-state index is -0.396. The van der Waals surface area contributed by atoms with Crippen molar-refractivity contribution in [3.05, 3.63) is 47.6 Å². The Hall–Kier alpha value is -2.10. The average Bonchev–Trinajstić information content (AvgIpc) is 3.10. The Labute approximate surface area is 98.6 Å². The van der Waals surface area contributed by atoms with E-state index in [1.54, 1.807) is 0 Å². The first-order valence-electron chi connectivity index (χ1n) is 5.59. The van der Waals surface area contributed by atoms with Crippen molar-refractivity contribution in [2.24, 2.45) is 11.8 Å². The van der Waals surface area contributed by atoms with Gasteiger partial charge in [0.25, 0.3) is 0 Å². The molecule has 3 nitrogen and oxygen atoms in total. The van der Waals surface area contributed by atoms with Crippen LogP contribution in [-0.4, -0.2) is 11.2 Å². The van der Waals surface area contributed by atoms with Crippen molar-refractivity contribution < 1.29 is 4.74 Å². The first kappa shape index (κ1) is 8.98. The van der Waals surface area contributed by atoms with Crippen LogP contribution in [0.25, 0.3) is 0 Å². The Kier molecular flexibility index (Phi) is 1.28. The molecule has 4 aliphatic carbocycles. The van der Waals surface area contributed by atoms with E-state index in [1.165, 1.54) is 0 Å². The summed E-state index contributed by atoms with van der Waals surface area (Å²) in [7, 11) is 0. The molecule has 1 fully saturated rings. The normalized spacial score (nSPS) is 47.2. The standard InChI is InChI=1S/C14H8N2O/c15-7-9-10(8-16)12-4-3-11(9)13-5-1-2-6-14(12,13)17-13/h1-6,11-12H/t11-,12+,13-,14+. The maximum atomic E-state index is 9.25. The molecule has 5 aliphatic rings. The zero-order valence-corrected chi connectivity index (χ0v) is 8.92. The molecule has 0 spiro atoms. The third kappa shape index (κ3) is 0.703. The number of epoxide rings is 1. The minimum Gasteiger partial charge on any atom is -0.352 e. The maximum Gasteiger partial charge on any atom is 0.132 e. The lowest BCUT2D eigenvalue weighted by Crippen LogP contribution is -2.45. The van der Waals surface area contributed by atoms with E-state index in [9.17, 15) is 10.5 Å². The van der Waals surface area contributed by atoms with Gasteiger partial charge in [-0.3, -0.25) is 0 Å². The number of hydrogen-bond donors (Lipinski definition) is 0. The lowest BCUT2D eigenvalue weighted by atomic mass is 9.59. The average molecular weight is 220 g/mol. The van der Waals surface area contributed by atoms with Gasteiger partial charge in [-0.15, -0.1) is 0 Å². The minimum absolute atomic E-state index is 0.103. The van der Waals surface area contributed by atoms with Gasteiger partial charge in [-0.05, 0) is 12.2 Å². The van der Waals surface area contributed by atoms with Crippen LogP contribution in [0.2, 0.25) is 0 Å². The van der Waals surface area contributed by atoms with E-state index >= 15 is 0 Å². The molecular weight excluding hydrogens is 212 g/mol. The molecule has 80 valence electrons. The number of nitriles is 2. The van der Waals surface area contributed by atoms with Gasteiger partial charge in [0.05, 0.1) is 23.3 Å². The van der Waals surface area contributed by atoms with Crippen LogP contribution in [0.4, 0.5) is 0 Å². The van der Waals surface area contributed by atoms with E-state index in [1.807, 2.05) is 36.5 Å². The van der Waals surface area contributed by atoms with Crippen LogP contribution in [-0.2, 0) is 4.74 Å². The zero-order chi connectivity index (χ0) is 11.7. The van der Waals surface area contributed by atoms with Crippen LogP contribution in [0, 0.1) is 34.5 Å². The monoisotopic (exact) mass is 220 g/mol. The van der Waals surface area contributed by atoms with E-state index in [4.69, 9.17) is 4.74 Å². The Morgan fingerprint density at radius 2 is 1.41 bits per heavy atom. The topological polar surface area (TPSA) is 60.1 Å². The summed E-state index contributed by atoms with van der Waals surface area (Å²) in [5.74, 6) is -0.207. The molecule has 4 atom stereocenters. The molecule has 0 unspecified atom stereocenters. The summed E-state index contributed by atoms with van der Waals surface area (Å²) >= 11 is 0. The third-order valence-electron chi connectivity index (χ3n) is 4.28. The Bertz CT molecular complexity index is 586. The molecule has 3 heteroatoms. The summed E-state index contributed by atoms with van der Waals surface area (Å²) in [6, 6.07) is 4.37. The third-order valence-corrected chi connectivity index (χ3v) is 4.28. The number of hydrogen-bond acceptors (Lipinski definition) is 3. The van der Waals surface area contributed by atoms with Gasteiger partial charge in [0.15, 0.2) is 0 Å². The first-order valence-corrected chi connectivity index (χ1v) is 5.59. The van der Waals surface area contributed by atoms with Crippen molar-refractivity contribution in [2.75, 3.05) is 0 Å². The van der Waals surface area contributed by atoms with E-state index in [0.29, 0.717) is 11.1 Å². The van der Waals surface area contributed by atoms with Crippen LogP contribution in [0.3, 0.4) is 0 Å². The second kappa shape index (κ2) is 2.42. The second-order valence-electron chi connectivity index (χ2n) is 4.80. The number of nitrogens with zero attached hydrogens (tertiary/aromatic N) is 2. The smallest absolute Gasteiger partial charge is 0.132 e. The fourth-order valence-corrected chi connectivity index (χ4v) is 3.52. The molecule has 0 radical (unpaired) electrons. The van der Waals surface area contributed by atoms with E-state index in [0.717, 1.165) is 0 Å². The highest BCUT2D eigenvalue weighted by molar-refractivity contribution is 5.63. The van der Waals surface area contributed by atoms with Gasteiger partial charge in [-0.1, -0.05) is 24.3 Å². The number of ether oxygens (including phenoxy) is 1.